The molecule has 1 atom stereocenters. The minimum Gasteiger partial charge on any atom is -0.355 e. The SMILES string of the molecule is NSc1ccc(CN2CCC3(CCN(c4ncnc5sc(CC(F)F)cc45)C3)C2)cc1. The molecule has 2 aromatic heterocycles. The number of anilines is 1. The highest BCUT2D eigenvalue weighted by atomic mass is 32.2. The molecule has 1 aromatic carbocycles. The zero-order valence-electron chi connectivity index (χ0n) is 17.1. The molecule has 1 spiro atoms. The summed E-state index contributed by atoms with van der Waals surface area (Å²) in [5, 5.41) is 6.53. The summed E-state index contributed by atoms with van der Waals surface area (Å²) in [6.07, 6.45) is 1.31. The van der Waals surface area contributed by atoms with Gasteiger partial charge in [-0.25, -0.2) is 18.7 Å². The van der Waals surface area contributed by atoms with Crippen LogP contribution in [0.2, 0.25) is 0 Å². The number of alkyl halides is 2. The smallest absolute Gasteiger partial charge is 0.243 e. The van der Waals surface area contributed by atoms with Crippen molar-refractivity contribution in [3.05, 3.63) is 47.1 Å². The maximum atomic E-state index is 12.8. The number of hydrogen-bond donors (Lipinski definition) is 1. The quantitative estimate of drug-likeness (QED) is 0.543. The summed E-state index contributed by atoms with van der Waals surface area (Å²) in [5.41, 5.74) is 1.58. The average Bonchev–Trinajstić information content (AvgIpc) is 3.46. The molecule has 164 valence electrons. The Kier molecular flexibility index (Phi) is 5.85. The van der Waals surface area contributed by atoms with Gasteiger partial charge in [0.15, 0.2) is 0 Å². The molecule has 0 amide bonds. The van der Waals surface area contributed by atoms with Crippen LogP contribution in [0.5, 0.6) is 0 Å². The van der Waals surface area contributed by atoms with Gasteiger partial charge >= 0.3 is 0 Å². The average molecular weight is 462 g/mol. The van der Waals surface area contributed by atoms with E-state index in [4.69, 9.17) is 5.14 Å². The van der Waals surface area contributed by atoms with Gasteiger partial charge in [-0.3, -0.25) is 10.0 Å². The largest absolute Gasteiger partial charge is 0.355 e. The lowest BCUT2D eigenvalue weighted by Gasteiger charge is -2.25. The predicted molar refractivity (Wildman–Crippen MR) is 123 cm³/mol. The van der Waals surface area contributed by atoms with Crippen molar-refractivity contribution < 1.29 is 8.78 Å². The lowest BCUT2D eigenvalue weighted by molar-refractivity contribution is 0.150. The Bertz CT molecular complexity index is 1060. The summed E-state index contributed by atoms with van der Waals surface area (Å²) in [7, 11) is 0. The molecule has 5 nitrogen and oxygen atoms in total. The minimum atomic E-state index is -2.34. The van der Waals surface area contributed by atoms with E-state index in [0.29, 0.717) is 4.88 Å². The molecule has 0 aliphatic carbocycles. The molecule has 1 unspecified atom stereocenters. The van der Waals surface area contributed by atoms with Crippen LogP contribution in [0.25, 0.3) is 10.2 Å². The van der Waals surface area contributed by atoms with Gasteiger partial charge in [-0.1, -0.05) is 12.1 Å². The second-order valence-corrected chi connectivity index (χ2v) is 10.4. The van der Waals surface area contributed by atoms with E-state index in [-0.39, 0.29) is 11.8 Å². The first kappa shape index (κ1) is 21.1. The van der Waals surface area contributed by atoms with Crippen LogP contribution in [0.1, 0.15) is 23.3 Å². The Hall–Kier alpha value is -1.81. The number of halogens is 2. The van der Waals surface area contributed by atoms with E-state index in [1.54, 1.807) is 6.33 Å². The highest BCUT2D eigenvalue weighted by Gasteiger charge is 2.44. The van der Waals surface area contributed by atoms with Crippen molar-refractivity contribution >= 4 is 39.3 Å². The molecule has 2 aliphatic heterocycles. The molecule has 5 rings (SSSR count). The summed E-state index contributed by atoms with van der Waals surface area (Å²) in [6, 6.07) is 10.3. The fourth-order valence-corrected chi connectivity index (χ4v) is 6.23. The number of likely N-dealkylation sites (tertiary alicyclic amines) is 1. The summed E-state index contributed by atoms with van der Waals surface area (Å²) in [5.74, 6) is 0.895. The number of benzene rings is 1. The minimum absolute atomic E-state index is 0.218. The first-order chi connectivity index (χ1) is 15.0. The number of nitrogens with zero attached hydrogens (tertiary/aromatic N) is 4. The van der Waals surface area contributed by atoms with Crippen molar-refractivity contribution in [2.24, 2.45) is 10.6 Å². The van der Waals surface area contributed by atoms with E-state index in [1.165, 1.54) is 35.3 Å². The Balaban J connectivity index is 1.28. The highest BCUT2D eigenvalue weighted by molar-refractivity contribution is 7.97. The van der Waals surface area contributed by atoms with E-state index in [0.717, 1.165) is 60.1 Å². The topological polar surface area (TPSA) is 58.3 Å². The number of hydrogen-bond acceptors (Lipinski definition) is 7. The number of nitrogens with two attached hydrogens (primary N) is 1. The lowest BCUT2D eigenvalue weighted by atomic mass is 9.86. The normalized spacial score (nSPS) is 21.9. The zero-order chi connectivity index (χ0) is 21.4. The van der Waals surface area contributed by atoms with Crippen LogP contribution in [-0.2, 0) is 13.0 Å². The molecule has 2 saturated heterocycles. The van der Waals surface area contributed by atoms with E-state index in [1.807, 2.05) is 6.07 Å². The molecule has 0 saturated carbocycles. The van der Waals surface area contributed by atoms with E-state index in [9.17, 15) is 8.78 Å². The number of rotatable bonds is 6. The molecular formula is C22H25F2N5S2. The highest BCUT2D eigenvalue weighted by Crippen LogP contribution is 2.43. The van der Waals surface area contributed by atoms with Crippen LogP contribution in [0.4, 0.5) is 14.6 Å². The van der Waals surface area contributed by atoms with Gasteiger partial charge in [-0.15, -0.1) is 11.3 Å². The molecule has 31 heavy (non-hydrogen) atoms. The third kappa shape index (κ3) is 4.41. The number of aromatic nitrogens is 2. The van der Waals surface area contributed by atoms with Gasteiger partial charge in [0.2, 0.25) is 6.43 Å². The number of fused-ring (bicyclic) bond motifs is 1. The third-order valence-electron chi connectivity index (χ3n) is 6.44. The van der Waals surface area contributed by atoms with Crippen molar-refractivity contribution in [2.45, 2.75) is 37.1 Å². The predicted octanol–water partition coefficient (Wildman–Crippen LogP) is 4.57. The van der Waals surface area contributed by atoms with Crippen LogP contribution in [-0.4, -0.2) is 47.5 Å². The summed E-state index contributed by atoms with van der Waals surface area (Å²) < 4.78 is 25.7. The van der Waals surface area contributed by atoms with E-state index < -0.39 is 6.43 Å². The van der Waals surface area contributed by atoms with Gasteiger partial charge < -0.3 is 4.90 Å². The van der Waals surface area contributed by atoms with Crippen LogP contribution in [0.3, 0.4) is 0 Å². The molecule has 3 aromatic rings. The third-order valence-corrected chi connectivity index (χ3v) is 8.05. The molecule has 0 bridgehead atoms. The molecule has 0 radical (unpaired) electrons. The van der Waals surface area contributed by atoms with Crippen molar-refractivity contribution in [1.29, 1.82) is 0 Å². The maximum absolute atomic E-state index is 12.8. The molecule has 2 fully saturated rings. The van der Waals surface area contributed by atoms with Crippen molar-refractivity contribution in [1.82, 2.24) is 14.9 Å². The van der Waals surface area contributed by atoms with Gasteiger partial charge in [0.25, 0.3) is 0 Å². The molecule has 4 heterocycles. The van der Waals surface area contributed by atoms with Gasteiger partial charge in [0.05, 0.1) is 5.39 Å². The second kappa shape index (κ2) is 8.61. The van der Waals surface area contributed by atoms with Crippen LogP contribution >= 0.6 is 23.3 Å². The fraction of sp³-hybridized carbons (Fsp3) is 0.455. The van der Waals surface area contributed by atoms with Gasteiger partial charge in [-0.2, -0.15) is 0 Å². The fourth-order valence-electron chi connectivity index (χ4n) is 4.94. The maximum Gasteiger partial charge on any atom is 0.243 e. The lowest BCUT2D eigenvalue weighted by Crippen LogP contribution is -2.31. The first-order valence-corrected chi connectivity index (χ1v) is 12.2. The Labute approximate surface area is 188 Å². The van der Waals surface area contributed by atoms with E-state index >= 15 is 0 Å². The van der Waals surface area contributed by atoms with E-state index in [2.05, 4.69) is 44.0 Å². The Morgan fingerprint density at radius 2 is 1.94 bits per heavy atom. The monoisotopic (exact) mass is 461 g/mol. The summed E-state index contributed by atoms with van der Waals surface area (Å²) >= 11 is 2.62. The van der Waals surface area contributed by atoms with Gasteiger partial charge in [0.1, 0.15) is 17.0 Å². The van der Waals surface area contributed by atoms with Crippen molar-refractivity contribution in [2.75, 3.05) is 31.1 Å². The van der Waals surface area contributed by atoms with Crippen LogP contribution in [0, 0.1) is 5.41 Å². The van der Waals surface area contributed by atoms with Gasteiger partial charge in [0, 0.05) is 47.8 Å². The number of thiophene rings is 1. The Morgan fingerprint density at radius 3 is 2.71 bits per heavy atom. The van der Waals surface area contributed by atoms with Crippen molar-refractivity contribution in [3.63, 3.8) is 0 Å². The van der Waals surface area contributed by atoms with Crippen LogP contribution < -0.4 is 10.0 Å². The summed E-state index contributed by atoms with van der Waals surface area (Å²) in [6.45, 7) is 5.03. The first-order valence-electron chi connectivity index (χ1n) is 10.5. The van der Waals surface area contributed by atoms with Crippen molar-refractivity contribution in [3.8, 4) is 0 Å². The Morgan fingerprint density at radius 1 is 1.13 bits per heavy atom. The summed E-state index contributed by atoms with van der Waals surface area (Å²) in [4.78, 5) is 16.3. The zero-order valence-corrected chi connectivity index (χ0v) is 18.8. The molecular weight excluding hydrogens is 436 g/mol. The molecule has 2 N–H and O–H groups in total. The second-order valence-electron chi connectivity index (χ2n) is 8.62. The molecule has 9 heteroatoms. The van der Waals surface area contributed by atoms with Crippen LogP contribution in [0.15, 0.2) is 41.6 Å². The standard InChI is InChI=1S/C22H25F2N5S2/c23-19(24)10-17-9-18-20(26-14-27-21(18)30-17)29-8-6-22(13-29)5-7-28(12-22)11-15-1-3-16(31-25)4-2-15/h1-4,9,14,19H,5-8,10-13,25H2. The van der Waals surface area contributed by atoms with Gasteiger partial charge in [-0.05, 0) is 55.1 Å². The molecule has 2 aliphatic rings.